The number of methoxy groups -OCH3 is 1. The zero-order chi connectivity index (χ0) is 16.7. The van der Waals surface area contributed by atoms with E-state index in [0.29, 0.717) is 42.6 Å². The van der Waals surface area contributed by atoms with Gasteiger partial charge in [-0.05, 0) is 37.1 Å². The quantitative estimate of drug-likeness (QED) is 0.835. The van der Waals surface area contributed by atoms with Crippen LogP contribution in [0, 0.1) is 0 Å². The van der Waals surface area contributed by atoms with Crippen LogP contribution in [0.15, 0.2) is 29.2 Å². The van der Waals surface area contributed by atoms with E-state index >= 15 is 0 Å². The number of ether oxygens (including phenoxy) is 1. The van der Waals surface area contributed by atoms with Gasteiger partial charge in [0.2, 0.25) is 10.0 Å². The molecule has 0 atom stereocenters. The molecule has 0 saturated heterocycles. The fraction of sp³-hybridized carbons (Fsp3) is 0.500. The van der Waals surface area contributed by atoms with Crippen LogP contribution in [0.2, 0.25) is 0 Å². The topological polar surface area (TPSA) is 77.3 Å². The van der Waals surface area contributed by atoms with Gasteiger partial charge in [-0.15, -0.1) is 10.2 Å². The van der Waals surface area contributed by atoms with Crippen LogP contribution < -0.4 is 4.74 Å². The second-order valence-electron chi connectivity index (χ2n) is 6.23. The SMILES string of the molecule is COc1ccc(S(=O)(=O)N2CCc3nnc(C4CC4)n3CC2)cc1. The highest BCUT2D eigenvalue weighted by atomic mass is 32.2. The second-order valence-corrected chi connectivity index (χ2v) is 8.17. The van der Waals surface area contributed by atoms with Crippen molar-refractivity contribution in [3.63, 3.8) is 0 Å². The van der Waals surface area contributed by atoms with E-state index in [1.54, 1.807) is 35.7 Å². The van der Waals surface area contributed by atoms with Gasteiger partial charge >= 0.3 is 0 Å². The van der Waals surface area contributed by atoms with E-state index < -0.39 is 10.0 Å². The van der Waals surface area contributed by atoms with Gasteiger partial charge in [0.15, 0.2) is 0 Å². The molecule has 128 valence electrons. The Morgan fingerprint density at radius 2 is 1.83 bits per heavy atom. The van der Waals surface area contributed by atoms with Gasteiger partial charge in [-0.1, -0.05) is 0 Å². The molecule has 1 aliphatic heterocycles. The van der Waals surface area contributed by atoms with Gasteiger partial charge in [0, 0.05) is 32.0 Å². The predicted molar refractivity (Wildman–Crippen MR) is 87.5 cm³/mol. The maximum absolute atomic E-state index is 12.9. The Morgan fingerprint density at radius 1 is 1.08 bits per heavy atom. The molecule has 0 amide bonds. The van der Waals surface area contributed by atoms with Crippen molar-refractivity contribution in [2.24, 2.45) is 0 Å². The van der Waals surface area contributed by atoms with Gasteiger partial charge in [0.25, 0.3) is 0 Å². The van der Waals surface area contributed by atoms with Crippen LogP contribution >= 0.6 is 0 Å². The molecule has 2 aliphatic rings. The molecule has 24 heavy (non-hydrogen) atoms. The molecule has 2 aromatic rings. The zero-order valence-electron chi connectivity index (χ0n) is 13.6. The normalized spacial score (nSPS) is 18.9. The van der Waals surface area contributed by atoms with Gasteiger partial charge in [0.05, 0.1) is 12.0 Å². The highest BCUT2D eigenvalue weighted by Gasteiger charge is 2.33. The number of nitrogens with zero attached hydrogens (tertiary/aromatic N) is 4. The summed E-state index contributed by atoms with van der Waals surface area (Å²) in [5, 5.41) is 8.56. The number of aromatic nitrogens is 3. The van der Waals surface area contributed by atoms with E-state index in [1.807, 2.05) is 0 Å². The molecule has 1 aliphatic carbocycles. The predicted octanol–water partition coefficient (Wildman–Crippen LogP) is 1.41. The fourth-order valence-electron chi connectivity index (χ4n) is 3.11. The standard InChI is InChI=1S/C16H20N4O3S/c1-23-13-4-6-14(7-5-13)24(21,22)19-9-8-15-17-18-16(12-2-3-12)20(15)11-10-19/h4-7,12H,2-3,8-11H2,1H3. The average Bonchev–Trinajstić information content (AvgIpc) is 3.40. The fourth-order valence-corrected chi connectivity index (χ4v) is 4.54. The first-order valence-corrected chi connectivity index (χ1v) is 9.60. The molecular weight excluding hydrogens is 328 g/mol. The molecule has 0 spiro atoms. The molecule has 1 aromatic heterocycles. The Kier molecular flexibility index (Phi) is 3.80. The summed E-state index contributed by atoms with van der Waals surface area (Å²) in [5.41, 5.74) is 0. The van der Waals surface area contributed by atoms with E-state index in [9.17, 15) is 8.42 Å². The summed E-state index contributed by atoms with van der Waals surface area (Å²) in [7, 11) is -1.95. The van der Waals surface area contributed by atoms with Crippen molar-refractivity contribution >= 4 is 10.0 Å². The molecule has 1 saturated carbocycles. The monoisotopic (exact) mass is 348 g/mol. The van der Waals surface area contributed by atoms with Crippen LogP contribution in [0.25, 0.3) is 0 Å². The van der Waals surface area contributed by atoms with Crippen molar-refractivity contribution < 1.29 is 13.2 Å². The van der Waals surface area contributed by atoms with Gasteiger partial charge in [0.1, 0.15) is 17.4 Å². The van der Waals surface area contributed by atoms with Gasteiger partial charge in [-0.3, -0.25) is 0 Å². The van der Waals surface area contributed by atoms with E-state index in [1.165, 1.54) is 0 Å². The van der Waals surface area contributed by atoms with E-state index in [0.717, 1.165) is 24.5 Å². The van der Waals surface area contributed by atoms with E-state index in [4.69, 9.17) is 4.74 Å². The first kappa shape index (κ1) is 15.6. The van der Waals surface area contributed by atoms with Gasteiger partial charge in [-0.25, -0.2) is 8.42 Å². The number of rotatable bonds is 4. The molecular formula is C16H20N4O3S. The van der Waals surface area contributed by atoms with Crippen molar-refractivity contribution in [1.29, 1.82) is 0 Å². The van der Waals surface area contributed by atoms with Gasteiger partial charge < -0.3 is 9.30 Å². The van der Waals surface area contributed by atoms with Crippen LogP contribution in [0.1, 0.15) is 30.4 Å². The lowest BCUT2D eigenvalue weighted by atomic mass is 10.3. The highest BCUT2D eigenvalue weighted by Crippen LogP contribution is 2.39. The van der Waals surface area contributed by atoms with Crippen molar-refractivity contribution in [1.82, 2.24) is 19.1 Å². The summed E-state index contributed by atoms with van der Waals surface area (Å²) in [5.74, 6) is 3.07. The molecule has 0 radical (unpaired) electrons. The number of hydrogen-bond donors (Lipinski definition) is 0. The summed E-state index contributed by atoms with van der Waals surface area (Å²) in [6.07, 6.45) is 2.91. The van der Waals surface area contributed by atoms with Crippen LogP contribution in [0.3, 0.4) is 0 Å². The Bertz CT molecular complexity index is 841. The maximum Gasteiger partial charge on any atom is 0.243 e. The molecule has 0 unspecified atom stereocenters. The highest BCUT2D eigenvalue weighted by molar-refractivity contribution is 7.89. The maximum atomic E-state index is 12.9. The smallest absolute Gasteiger partial charge is 0.243 e. The molecule has 2 heterocycles. The summed E-state index contributed by atoms with van der Waals surface area (Å²) in [4.78, 5) is 0.295. The van der Waals surface area contributed by atoms with Crippen LogP contribution in [0.5, 0.6) is 5.75 Å². The van der Waals surface area contributed by atoms with Crippen molar-refractivity contribution in [3.8, 4) is 5.75 Å². The Morgan fingerprint density at radius 3 is 2.50 bits per heavy atom. The summed E-state index contributed by atoms with van der Waals surface area (Å²) < 4.78 is 34.5. The summed E-state index contributed by atoms with van der Waals surface area (Å²) >= 11 is 0. The lowest BCUT2D eigenvalue weighted by molar-refractivity contribution is 0.410. The first-order valence-electron chi connectivity index (χ1n) is 8.16. The third-order valence-corrected chi connectivity index (χ3v) is 6.57. The second kappa shape index (κ2) is 5.86. The molecule has 1 aromatic carbocycles. The van der Waals surface area contributed by atoms with Gasteiger partial charge in [-0.2, -0.15) is 4.31 Å². The minimum atomic E-state index is -3.51. The summed E-state index contributed by atoms with van der Waals surface area (Å²) in [6.45, 7) is 1.49. The lowest BCUT2D eigenvalue weighted by Gasteiger charge is -2.20. The lowest BCUT2D eigenvalue weighted by Crippen LogP contribution is -2.33. The van der Waals surface area contributed by atoms with Crippen molar-refractivity contribution in [2.45, 2.75) is 36.6 Å². The number of benzene rings is 1. The van der Waals surface area contributed by atoms with Crippen molar-refractivity contribution in [3.05, 3.63) is 35.9 Å². The molecule has 4 rings (SSSR count). The van der Waals surface area contributed by atoms with Crippen molar-refractivity contribution in [2.75, 3.05) is 20.2 Å². The number of hydrogen-bond acceptors (Lipinski definition) is 5. The minimum Gasteiger partial charge on any atom is -0.497 e. The third-order valence-electron chi connectivity index (χ3n) is 4.65. The number of fused-ring (bicyclic) bond motifs is 1. The largest absolute Gasteiger partial charge is 0.497 e. The Labute approximate surface area is 141 Å². The van der Waals surface area contributed by atoms with Crippen LogP contribution in [-0.2, 0) is 23.0 Å². The van der Waals surface area contributed by atoms with E-state index in [2.05, 4.69) is 14.8 Å². The van der Waals surface area contributed by atoms with E-state index in [-0.39, 0.29) is 0 Å². The molecule has 0 bridgehead atoms. The average molecular weight is 348 g/mol. The molecule has 8 heteroatoms. The zero-order valence-corrected chi connectivity index (χ0v) is 14.4. The first-order chi connectivity index (χ1) is 11.6. The molecule has 7 nitrogen and oxygen atoms in total. The Hall–Kier alpha value is -1.93. The van der Waals surface area contributed by atoms with Crippen LogP contribution in [-0.4, -0.2) is 47.7 Å². The third kappa shape index (κ3) is 2.69. The minimum absolute atomic E-state index is 0.295. The Balaban J connectivity index is 1.56. The number of sulfonamides is 1. The molecule has 1 fully saturated rings. The van der Waals surface area contributed by atoms with Crippen LogP contribution in [0.4, 0.5) is 0 Å². The summed E-state index contributed by atoms with van der Waals surface area (Å²) in [6, 6.07) is 6.53. The molecule has 0 N–H and O–H groups in total.